The third-order valence-electron chi connectivity index (χ3n) is 2.24. The molecule has 0 spiro atoms. The molecule has 0 aliphatic rings. The molecule has 0 fully saturated rings. The topological polar surface area (TPSA) is 26.3 Å². The van der Waals surface area contributed by atoms with Gasteiger partial charge in [-0.2, -0.15) is 0 Å². The van der Waals surface area contributed by atoms with Crippen molar-refractivity contribution in [3.8, 4) is 0 Å². The lowest BCUT2D eigenvalue weighted by molar-refractivity contribution is 0.0498. The third-order valence-corrected chi connectivity index (χ3v) is 2.24. The summed E-state index contributed by atoms with van der Waals surface area (Å²) in [6.45, 7) is 2.70. The Labute approximate surface area is 114 Å². The number of carbonyl (C=O) groups excluding carboxylic acids is 1. The minimum absolute atomic E-state index is 0. The molecular formula is C13H18MgO2. The van der Waals surface area contributed by atoms with Crippen LogP contribution in [0, 0.1) is 0 Å². The van der Waals surface area contributed by atoms with E-state index in [-0.39, 0.29) is 29.0 Å². The normalized spacial score (nSPS) is 9.31. The zero-order valence-corrected chi connectivity index (χ0v) is 11.4. The Morgan fingerprint density at radius 2 is 1.81 bits per heavy atom. The lowest BCUT2D eigenvalue weighted by atomic mass is 10.2. The number of benzene rings is 1. The van der Waals surface area contributed by atoms with Gasteiger partial charge in [-0.3, -0.25) is 0 Å². The van der Waals surface area contributed by atoms with E-state index in [1.54, 1.807) is 12.1 Å². The van der Waals surface area contributed by atoms with Crippen LogP contribution in [-0.2, 0) is 4.74 Å². The third kappa shape index (κ3) is 6.13. The molecule has 0 aromatic heterocycles. The quantitative estimate of drug-likeness (QED) is 0.427. The van der Waals surface area contributed by atoms with E-state index < -0.39 is 0 Å². The largest absolute Gasteiger partial charge is 0.462 e. The van der Waals surface area contributed by atoms with E-state index in [0.29, 0.717) is 12.2 Å². The average Bonchev–Trinajstić information content (AvgIpc) is 2.30. The lowest BCUT2D eigenvalue weighted by Crippen LogP contribution is -2.06. The molecule has 84 valence electrons. The fourth-order valence-corrected chi connectivity index (χ4v) is 1.35. The number of hydrogen-bond acceptors (Lipinski definition) is 2. The van der Waals surface area contributed by atoms with Gasteiger partial charge in [0, 0.05) is 23.1 Å². The minimum Gasteiger partial charge on any atom is -0.462 e. The zero-order valence-electron chi connectivity index (χ0n) is 9.95. The summed E-state index contributed by atoms with van der Waals surface area (Å²) in [5.41, 5.74) is 0.632. The Kier molecular flexibility index (Phi) is 9.34. The number of unbranched alkanes of at least 4 members (excludes halogenated alkanes) is 3. The molecule has 2 radical (unpaired) electrons. The highest BCUT2D eigenvalue weighted by Gasteiger charge is 2.04. The summed E-state index contributed by atoms with van der Waals surface area (Å²) in [6, 6.07) is 9.11. The highest BCUT2D eigenvalue weighted by atomic mass is 24.3. The number of hydrogen-bond donors (Lipinski definition) is 0. The van der Waals surface area contributed by atoms with E-state index >= 15 is 0 Å². The second-order valence-corrected chi connectivity index (χ2v) is 3.56. The number of esters is 1. The van der Waals surface area contributed by atoms with E-state index in [9.17, 15) is 4.79 Å². The van der Waals surface area contributed by atoms with Crippen LogP contribution in [0.1, 0.15) is 43.0 Å². The van der Waals surface area contributed by atoms with Crippen LogP contribution < -0.4 is 0 Å². The maximum absolute atomic E-state index is 11.5. The highest BCUT2D eigenvalue weighted by Crippen LogP contribution is 2.03. The zero-order chi connectivity index (χ0) is 10.9. The Hall–Kier alpha value is -0.544. The van der Waals surface area contributed by atoms with Gasteiger partial charge in [0.25, 0.3) is 0 Å². The highest BCUT2D eigenvalue weighted by molar-refractivity contribution is 5.89. The van der Waals surface area contributed by atoms with Crippen molar-refractivity contribution < 1.29 is 9.53 Å². The fourth-order valence-electron chi connectivity index (χ4n) is 1.35. The van der Waals surface area contributed by atoms with Gasteiger partial charge in [-0.05, 0) is 18.6 Å². The lowest BCUT2D eigenvalue weighted by Gasteiger charge is -2.03. The summed E-state index contributed by atoms with van der Waals surface area (Å²) in [6.07, 6.45) is 4.51. The van der Waals surface area contributed by atoms with E-state index in [2.05, 4.69) is 6.92 Å². The van der Waals surface area contributed by atoms with Crippen LogP contribution in [0.25, 0.3) is 0 Å². The molecule has 16 heavy (non-hydrogen) atoms. The van der Waals surface area contributed by atoms with Gasteiger partial charge >= 0.3 is 5.97 Å². The van der Waals surface area contributed by atoms with Gasteiger partial charge in [0.05, 0.1) is 12.2 Å². The van der Waals surface area contributed by atoms with Crippen LogP contribution in [-0.4, -0.2) is 35.6 Å². The molecule has 0 bridgehead atoms. The fraction of sp³-hybridized carbons (Fsp3) is 0.462. The van der Waals surface area contributed by atoms with Crippen LogP contribution >= 0.6 is 0 Å². The summed E-state index contributed by atoms with van der Waals surface area (Å²) in [4.78, 5) is 11.5. The van der Waals surface area contributed by atoms with Crippen LogP contribution in [0.3, 0.4) is 0 Å². The van der Waals surface area contributed by atoms with Gasteiger partial charge in [-0.1, -0.05) is 44.4 Å². The second-order valence-electron chi connectivity index (χ2n) is 3.56. The van der Waals surface area contributed by atoms with Gasteiger partial charge in [0.15, 0.2) is 0 Å². The smallest absolute Gasteiger partial charge is 0.338 e. The molecule has 0 aliphatic heterocycles. The molecule has 0 saturated carbocycles. The molecule has 1 rings (SSSR count). The van der Waals surface area contributed by atoms with Crippen molar-refractivity contribution in [2.75, 3.05) is 6.61 Å². The molecule has 0 unspecified atom stereocenters. The first-order valence-electron chi connectivity index (χ1n) is 5.56. The molecule has 0 aliphatic carbocycles. The maximum Gasteiger partial charge on any atom is 0.338 e. The molecule has 0 atom stereocenters. The Morgan fingerprint density at radius 3 is 2.44 bits per heavy atom. The first-order valence-corrected chi connectivity index (χ1v) is 5.56. The van der Waals surface area contributed by atoms with Gasteiger partial charge in [-0.15, -0.1) is 0 Å². The summed E-state index contributed by atoms with van der Waals surface area (Å²) in [7, 11) is 0. The van der Waals surface area contributed by atoms with Gasteiger partial charge in [-0.25, -0.2) is 4.79 Å². The predicted octanol–water partition coefficient (Wildman–Crippen LogP) is 3.04. The van der Waals surface area contributed by atoms with Crippen LogP contribution in [0.5, 0.6) is 0 Å². The van der Waals surface area contributed by atoms with Crippen molar-refractivity contribution in [3.05, 3.63) is 35.9 Å². The van der Waals surface area contributed by atoms with Crippen LogP contribution in [0.2, 0.25) is 0 Å². The summed E-state index contributed by atoms with van der Waals surface area (Å²) in [5.74, 6) is -0.216. The second kappa shape index (κ2) is 9.67. The number of rotatable bonds is 6. The van der Waals surface area contributed by atoms with Crippen molar-refractivity contribution >= 4 is 29.0 Å². The first-order chi connectivity index (χ1) is 7.34. The van der Waals surface area contributed by atoms with E-state index in [4.69, 9.17) is 4.74 Å². The van der Waals surface area contributed by atoms with E-state index in [1.807, 2.05) is 18.2 Å². The summed E-state index contributed by atoms with van der Waals surface area (Å²) in [5, 5.41) is 0. The molecule has 0 heterocycles. The average molecular weight is 231 g/mol. The minimum atomic E-state index is -0.216. The van der Waals surface area contributed by atoms with Crippen molar-refractivity contribution in [1.82, 2.24) is 0 Å². The SMILES string of the molecule is CCCCCCOC(=O)c1ccccc1.[Mg]. The van der Waals surface area contributed by atoms with Gasteiger partial charge < -0.3 is 4.74 Å². The molecular weight excluding hydrogens is 212 g/mol. The van der Waals surface area contributed by atoms with E-state index in [0.717, 1.165) is 12.8 Å². The monoisotopic (exact) mass is 230 g/mol. The number of carbonyl (C=O) groups is 1. The maximum atomic E-state index is 11.5. The summed E-state index contributed by atoms with van der Waals surface area (Å²) < 4.78 is 5.14. The first kappa shape index (κ1) is 15.5. The van der Waals surface area contributed by atoms with Gasteiger partial charge in [0.2, 0.25) is 0 Å². The molecule has 0 amide bonds. The van der Waals surface area contributed by atoms with E-state index in [1.165, 1.54) is 12.8 Å². The molecule has 0 N–H and O–H groups in total. The van der Waals surface area contributed by atoms with Crippen molar-refractivity contribution in [1.29, 1.82) is 0 Å². The Balaban J connectivity index is 0.00000225. The Bertz CT molecular complexity index is 285. The number of ether oxygens (including phenoxy) is 1. The standard InChI is InChI=1S/C13H18O2.Mg/c1-2-3-4-8-11-15-13(14)12-9-6-5-7-10-12;/h5-7,9-10H,2-4,8,11H2,1H3;. The van der Waals surface area contributed by atoms with Gasteiger partial charge in [0.1, 0.15) is 0 Å². The van der Waals surface area contributed by atoms with Crippen LogP contribution in [0.15, 0.2) is 30.3 Å². The molecule has 3 heteroatoms. The molecule has 0 saturated heterocycles. The van der Waals surface area contributed by atoms with Crippen molar-refractivity contribution in [2.45, 2.75) is 32.6 Å². The van der Waals surface area contributed by atoms with Crippen molar-refractivity contribution in [3.63, 3.8) is 0 Å². The molecule has 2 nitrogen and oxygen atoms in total. The Morgan fingerprint density at radius 1 is 1.12 bits per heavy atom. The predicted molar refractivity (Wildman–Crippen MR) is 66.6 cm³/mol. The van der Waals surface area contributed by atoms with Crippen molar-refractivity contribution in [2.24, 2.45) is 0 Å². The molecule has 1 aromatic carbocycles. The molecule has 1 aromatic rings. The summed E-state index contributed by atoms with van der Waals surface area (Å²) >= 11 is 0. The van der Waals surface area contributed by atoms with Crippen LogP contribution in [0.4, 0.5) is 0 Å².